The predicted octanol–water partition coefficient (Wildman–Crippen LogP) is 5.28. The largest absolute Gasteiger partial charge is 0.497 e. The molecule has 4 nitrogen and oxygen atoms in total. The molecule has 0 amide bonds. The van der Waals surface area contributed by atoms with Gasteiger partial charge in [-0.05, 0) is 75.7 Å². The minimum absolute atomic E-state index is 0.0303. The van der Waals surface area contributed by atoms with E-state index in [1.807, 2.05) is 50.5 Å². The summed E-state index contributed by atoms with van der Waals surface area (Å²) >= 11 is 12.1. The molecule has 1 N–H and O–H groups in total. The Morgan fingerprint density at radius 3 is 2.55 bits per heavy atom. The van der Waals surface area contributed by atoms with Gasteiger partial charge in [0.25, 0.3) is 0 Å². The van der Waals surface area contributed by atoms with Gasteiger partial charge in [0, 0.05) is 0 Å². The molecule has 29 heavy (non-hydrogen) atoms. The molecule has 0 heterocycles. The van der Waals surface area contributed by atoms with Crippen molar-refractivity contribution in [2.24, 2.45) is 0 Å². The van der Waals surface area contributed by atoms with Crippen molar-refractivity contribution in [3.63, 3.8) is 0 Å². The number of methoxy groups -OCH3 is 1. The van der Waals surface area contributed by atoms with E-state index in [4.69, 9.17) is 32.7 Å². The first kappa shape index (κ1) is 22.4. The molecule has 6 heteroatoms. The zero-order chi connectivity index (χ0) is 21.2. The van der Waals surface area contributed by atoms with Crippen LogP contribution in [0.5, 0.6) is 5.75 Å². The highest BCUT2D eigenvalue weighted by atomic mass is 35.5. The van der Waals surface area contributed by atoms with Gasteiger partial charge in [0.15, 0.2) is 0 Å². The fourth-order valence-electron chi connectivity index (χ4n) is 4.23. The highest BCUT2D eigenvalue weighted by Gasteiger charge is 2.53. The lowest BCUT2D eigenvalue weighted by Gasteiger charge is -2.54. The summed E-state index contributed by atoms with van der Waals surface area (Å²) in [7, 11) is 5.65. The second-order valence-corrected chi connectivity index (χ2v) is 9.00. The summed E-state index contributed by atoms with van der Waals surface area (Å²) in [5, 5.41) is 12.9. The molecule has 3 unspecified atom stereocenters. The Morgan fingerprint density at radius 2 is 1.90 bits per heavy atom. The lowest BCUT2D eigenvalue weighted by Crippen LogP contribution is -2.62. The van der Waals surface area contributed by atoms with Crippen molar-refractivity contribution in [2.75, 3.05) is 21.2 Å². The first-order valence-electron chi connectivity index (χ1n) is 9.79. The monoisotopic (exact) mass is 437 g/mol. The van der Waals surface area contributed by atoms with E-state index < -0.39 is 11.1 Å². The van der Waals surface area contributed by atoms with Crippen LogP contribution in [0.3, 0.4) is 0 Å². The molecule has 2 aromatic carbocycles. The number of nitrogens with zero attached hydrogens (tertiary/aromatic N) is 1. The molecule has 0 bridgehead atoms. The molecule has 0 saturated heterocycles. The lowest BCUT2D eigenvalue weighted by atomic mass is 9.65. The smallest absolute Gasteiger partial charge is 0.119 e. The average Bonchev–Trinajstić information content (AvgIpc) is 2.71. The van der Waals surface area contributed by atoms with Gasteiger partial charge >= 0.3 is 0 Å². The summed E-state index contributed by atoms with van der Waals surface area (Å²) in [5.41, 5.74) is 0.351. The van der Waals surface area contributed by atoms with Crippen LogP contribution >= 0.6 is 23.2 Å². The fraction of sp³-hybridized carbons (Fsp3) is 0.478. The second-order valence-electron chi connectivity index (χ2n) is 8.18. The standard InChI is InChI=1S/C23H29Cl2NO3/c1-22(26(2)3)14-19(29-15-16-8-9-20(24)21(25)12-16)10-11-23(22,27)17-6-5-7-18(13-17)28-4/h5-9,12-13,19,27H,10-11,14-15H2,1-4H3. The highest BCUT2D eigenvalue weighted by Crippen LogP contribution is 2.48. The molecule has 2 aromatic rings. The number of likely N-dealkylation sites (N-methyl/N-ethyl adjacent to an activating group) is 1. The van der Waals surface area contributed by atoms with Gasteiger partial charge < -0.3 is 19.5 Å². The molecule has 1 aliphatic rings. The van der Waals surface area contributed by atoms with Crippen LogP contribution < -0.4 is 4.74 Å². The first-order chi connectivity index (χ1) is 13.7. The topological polar surface area (TPSA) is 41.9 Å². The van der Waals surface area contributed by atoms with Crippen molar-refractivity contribution in [1.82, 2.24) is 4.90 Å². The Kier molecular flexibility index (Phi) is 6.81. The average molecular weight is 438 g/mol. The van der Waals surface area contributed by atoms with Gasteiger partial charge in [-0.15, -0.1) is 0 Å². The molecule has 158 valence electrons. The zero-order valence-electron chi connectivity index (χ0n) is 17.4. The second kappa shape index (κ2) is 8.83. The van der Waals surface area contributed by atoms with Gasteiger partial charge in [0.1, 0.15) is 11.4 Å². The van der Waals surface area contributed by atoms with Crippen molar-refractivity contribution >= 4 is 23.2 Å². The molecule has 0 radical (unpaired) electrons. The third-order valence-electron chi connectivity index (χ3n) is 6.35. The maximum absolute atomic E-state index is 11.8. The lowest BCUT2D eigenvalue weighted by molar-refractivity contribution is -0.159. The Bertz CT molecular complexity index is 860. The Morgan fingerprint density at radius 1 is 1.14 bits per heavy atom. The summed E-state index contributed by atoms with van der Waals surface area (Å²) in [6.07, 6.45) is 2.09. The van der Waals surface area contributed by atoms with Crippen molar-refractivity contribution in [3.05, 3.63) is 63.6 Å². The minimum atomic E-state index is -1.01. The molecule has 0 aliphatic heterocycles. The Balaban J connectivity index is 1.79. The Labute approximate surface area is 183 Å². The van der Waals surface area contributed by atoms with Crippen LogP contribution in [0.25, 0.3) is 0 Å². The van der Waals surface area contributed by atoms with Gasteiger partial charge in [-0.2, -0.15) is 0 Å². The zero-order valence-corrected chi connectivity index (χ0v) is 18.9. The molecule has 1 saturated carbocycles. The van der Waals surface area contributed by atoms with E-state index >= 15 is 0 Å². The summed E-state index contributed by atoms with van der Waals surface area (Å²) in [5.74, 6) is 0.745. The fourth-order valence-corrected chi connectivity index (χ4v) is 4.55. The number of aliphatic hydroxyl groups is 1. The SMILES string of the molecule is COc1cccc(C2(O)CCC(OCc3ccc(Cl)c(Cl)c3)CC2(C)N(C)C)c1. The molecule has 1 aliphatic carbocycles. The van der Waals surface area contributed by atoms with Crippen LogP contribution in [0.4, 0.5) is 0 Å². The number of rotatable bonds is 6. The number of hydrogen-bond donors (Lipinski definition) is 1. The quantitative estimate of drug-likeness (QED) is 0.667. The third-order valence-corrected chi connectivity index (χ3v) is 7.09. The summed E-state index contributed by atoms with van der Waals surface area (Å²) in [4.78, 5) is 2.10. The van der Waals surface area contributed by atoms with Crippen LogP contribution in [0.15, 0.2) is 42.5 Å². The molecule has 3 rings (SSSR count). The van der Waals surface area contributed by atoms with E-state index in [1.165, 1.54) is 0 Å². The van der Waals surface area contributed by atoms with Gasteiger partial charge in [0.2, 0.25) is 0 Å². The van der Waals surface area contributed by atoms with Crippen LogP contribution in [-0.4, -0.2) is 42.9 Å². The predicted molar refractivity (Wildman–Crippen MR) is 118 cm³/mol. The van der Waals surface area contributed by atoms with Crippen molar-refractivity contribution < 1.29 is 14.6 Å². The van der Waals surface area contributed by atoms with Crippen molar-refractivity contribution in [3.8, 4) is 5.75 Å². The molecule has 3 atom stereocenters. The maximum atomic E-state index is 11.8. The number of hydrogen-bond acceptors (Lipinski definition) is 4. The van der Waals surface area contributed by atoms with Crippen LogP contribution in [0, 0.1) is 0 Å². The first-order valence-corrected chi connectivity index (χ1v) is 10.5. The van der Waals surface area contributed by atoms with Crippen molar-refractivity contribution in [1.29, 1.82) is 0 Å². The minimum Gasteiger partial charge on any atom is -0.497 e. The van der Waals surface area contributed by atoms with E-state index in [1.54, 1.807) is 13.2 Å². The van der Waals surface area contributed by atoms with Gasteiger partial charge in [-0.1, -0.05) is 41.4 Å². The van der Waals surface area contributed by atoms with Crippen molar-refractivity contribution in [2.45, 2.75) is 50.0 Å². The third kappa shape index (κ3) is 4.42. The molecular formula is C23H29Cl2NO3. The van der Waals surface area contributed by atoms with E-state index in [2.05, 4.69) is 11.8 Å². The summed E-state index contributed by atoms with van der Waals surface area (Å²) in [6, 6.07) is 13.3. The van der Waals surface area contributed by atoms with Gasteiger partial charge in [-0.25, -0.2) is 0 Å². The normalized spacial score (nSPS) is 27.2. The van der Waals surface area contributed by atoms with E-state index in [0.717, 1.165) is 23.3 Å². The Hall–Kier alpha value is -1.30. The maximum Gasteiger partial charge on any atom is 0.119 e. The summed E-state index contributed by atoms with van der Waals surface area (Å²) < 4.78 is 11.6. The van der Waals surface area contributed by atoms with Crippen LogP contribution in [-0.2, 0) is 16.9 Å². The van der Waals surface area contributed by atoms with E-state index in [-0.39, 0.29) is 6.10 Å². The number of benzene rings is 2. The molecule has 0 spiro atoms. The summed E-state index contributed by atoms with van der Waals surface area (Å²) in [6.45, 7) is 2.56. The van der Waals surface area contributed by atoms with Crippen LogP contribution in [0.1, 0.15) is 37.3 Å². The molecule has 1 fully saturated rings. The molecular weight excluding hydrogens is 409 g/mol. The van der Waals surface area contributed by atoms with E-state index in [0.29, 0.717) is 29.5 Å². The highest BCUT2D eigenvalue weighted by molar-refractivity contribution is 6.42. The van der Waals surface area contributed by atoms with Crippen LogP contribution in [0.2, 0.25) is 10.0 Å². The van der Waals surface area contributed by atoms with E-state index in [9.17, 15) is 5.11 Å². The number of halogens is 2. The van der Waals surface area contributed by atoms with Gasteiger partial charge in [-0.3, -0.25) is 0 Å². The molecule has 0 aromatic heterocycles. The number of ether oxygens (including phenoxy) is 2. The van der Waals surface area contributed by atoms with Gasteiger partial charge in [0.05, 0.1) is 35.4 Å².